The lowest BCUT2D eigenvalue weighted by molar-refractivity contribution is -0.385. The number of non-ortho nitro benzene ring substituents is 1. The van der Waals surface area contributed by atoms with Gasteiger partial charge in [0.1, 0.15) is 0 Å². The van der Waals surface area contributed by atoms with Crippen LogP contribution in [0.4, 0.5) is 15.8 Å². The third-order valence-electron chi connectivity index (χ3n) is 3.47. The molecule has 1 saturated heterocycles. The van der Waals surface area contributed by atoms with Crippen LogP contribution in [0.3, 0.4) is 0 Å². The van der Waals surface area contributed by atoms with Crippen molar-refractivity contribution in [2.75, 3.05) is 18.0 Å². The number of carboxylic acid groups (broad SMARTS) is 1. The van der Waals surface area contributed by atoms with E-state index < -0.39 is 22.1 Å². The van der Waals surface area contributed by atoms with Crippen molar-refractivity contribution in [1.82, 2.24) is 0 Å². The largest absolute Gasteiger partial charge is 0.481 e. The summed E-state index contributed by atoms with van der Waals surface area (Å²) < 4.78 is 13.8. The molecule has 0 aliphatic carbocycles. The maximum absolute atomic E-state index is 13.8. The molecular formula is C12H13FN2O4. The SMILES string of the molecule is CC1(C(=O)O)CCN(c2ccc([N+](=O)[O-])cc2F)C1. The van der Waals surface area contributed by atoms with E-state index >= 15 is 0 Å². The van der Waals surface area contributed by atoms with Crippen molar-refractivity contribution in [2.24, 2.45) is 5.41 Å². The van der Waals surface area contributed by atoms with Crippen molar-refractivity contribution in [3.05, 3.63) is 34.1 Å². The summed E-state index contributed by atoms with van der Waals surface area (Å²) in [7, 11) is 0. The van der Waals surface area contributed by atoms with Crippen LogP contribution in [0.1, 0.15) is 13.3 Å². The number of halogens is 1. The molecule has 0 spiro atoms. The highest BCUT2D eigenvalue weighted by molar-refractivity contribution is 5.76. The molecule has 1 fully saturated rings. The van der Waals surface area contributed by atoms with Gasteiger partial charge in [-0.05, 0) is 19.4 Å². The minimum atomic E-state index is -0.919. The van der Waals surface area contributed by atoms with E-state index in [2.05, 4.69) is 0 Å². The van der Waals surface area contributed by atoms with Crippen molar-refractivity contribution >= 4 is 17.3 Å². The molecule has 7 heteroatoms. The third-order valence-corrected chi connectivity index (χ3v) is 3.47. The first-order valence-electron chi connectivity index (χ1n) is 5.76. The molecule has 1 aliphatic heterocycles. The van der Waals surface area contributed by atoms with Crippen LogP contribution in [0.25, 0.3) is 0 Å². The number of nitro benzene ring substituents is 1. The van der Waals surface area contributed by atoms with Gasteiger partial charge in [-0.15, -0.1) is 0 Å². The fourth-order valence-electron chi connectivity index (χ4n) is 2.21. The van der Waals surface area contributed by atoms with Gasteiger partial charge >= 0.3 is 5.97 Å². The molecule has 1 unspecified atom stereocenters. The zero-order valence-corrected chi connectivity index (χ0v) is 10.3. The second kappa shape index (κ2) is 4.49. The summed E-state index contributed by atoms with van der Waals surface area (Å²) in [5.41, 5.74) is -1.02. The third kappa shape index (κ3) is 2.35. The first-order chi connectivity index (χ1) is 8.83. The molecule has 1 aromatic rings. The van der Waals surface area contributed by atoms with E-state index in [1.54, 1.807) is 11.8 Å². The first kappa shape index (κ1) is 13.3. The minimum absolute atomic E-state index is 0.192. The van der Waals surface area contributed by atoms with Crippen LogP contribution >= 0.6 is 0 Å². The summed E-state index contributed by atoms with van der Waals surface area (Å²) in [6.07, 6.45) is 0.415. The van der Waals surface area contributed by atoms with E-state index in [9.17, 15) is 19.3 Å². The maximum Gasteiger partial charge on any atom is 0.311 e. The highest BCUT2D eigenvalue weighted by Gasteiger charge is 2.41. The Morgan fingerprint density at radius 1 is 1.58 bits per heavy atom. The Morgan fingerprint density at radius 3 is 2.74 bits per heavy atom. The Balaban J connectivity index is 2.25. The van der Waals surface area contributed by atoms with E-state index in [1.165, 1.54) is 12.1 Å². The van der Waals surface area contributed by atoms with E-state index in [0.717, 1.165) is 6.07 Å². The molecule has 1 atom stereocenters. The summed E-state index contributed by atoms with van der Waals surface area (Å²) in [4.78, 5) is 22.6. The predicted octanol–water partition coefficient (Wildman–Crippen LogP) is 2.03. The lowest BCUT2D eigenvalue weighted by Crippen LogP contribution is -2.32. The summed E-state index contributed by atoms with van der Waals surface area (Å²) >= 11 is 0. The zero-order chi connectivity index (χ0) is 14.2. The summed E-state index contributed by atoms with van der Waals surface area (Å²) in [6, 6.07) is 3.39. The van der Waals surface area contributed by atoms with E-state index in [0.29, 0.717) is 13.0 Å². The Hall–Kier alpha value is -2.18. The Morgan fingerprint density at radius 2 is 2.26 bits per heavy atom. The number of carbonyl (C=O) groups is 1. The van der Waals surface area contributed by atoms with Gasteiger partial charge in [-0.25, -0.2) is 4.39 Å². The number of nitro groups is 1. The Labute approximate surface area is 108 Å². The van der Waals surface area contributed by atoms with Crippen LogP contribution in [-0.2, 0) is 4.79 Å². The van der Waals surface area contributed by atoms with Gasteiger partial charge in [0, 0.05) is 19.2 Å². The van der Waals surface area contributed by atoms with E-state index in [4.69, 9.17) is 5.11 Å². The average Bonchev–Trinajstić information content (AvgIpc) is 2.73. The van der Waals surface area contributed by atoms with Crippen LogP contribution in [-0.4, -0.2) is 29.1 Å². The normalized spacial score (nSPS) is 22.5. The van der Waals surface area contributed by atoms with E-state index in [-0.39, 0.29) is 17.9 Å². The van der Waals surface area contributed by atoms with Gasteiger partial charge < -0.3 is 10.0 Å². The molecule has 1 aromatic carbocycles. The lowest BCUT2D eigenvalue weighted by atomic mass is 9.90. The fourth-order valence-corrected chi connectivity index (χ4v) is 2.21. The number of aliphatic carboxylic acids is 1. The topological polar surface area (TPSA) is 83.7 Å². The molecule has 0 saturated carbocycles. The summed E-state index contributed by atoms with van der Waals surface area (Å²) in [6.45, 7) is 2.22. The van der Waals surface area contributed by atoms with Crippen molar-refractivity contribution in [2.45, 2.75) is 13.3 Å². The number of rotatable bonds is 3. The maximum atomic E-state index is 13.8. The van der Waals surface area contributed by atoms with Gasteiger partial charge in [0.15, 0.2) is 5.82 Å². The molecule has 0 aromatic heterocycles. The molecule has 102 valence electrons. The van der Waals surface area contributed by atoms with Gasteiger partial charge in [-0.2, -0.15) is 0 Å². The van der Waals surface area contributed by atoms with Crippen LogP contribution in [0.2, 0.25) is 0 Å². The summed E-state index contributed by atoms with van der Waals surface area (Å²) in [5.74, 6) is -1.62. The number of benzene rings is 1. The molecule has 0 bridgehead atoms. The van der Waals surface area contributed by atoms with Gasteiger partial charge in [0.2, 0.25) is 0 Å². The highest BCUT2D eigenvalue weighted by Crippen LogP contribution is 2.35. The standard InChI is InChI=1S/C12H13FN2O4/c1-12(11(16)17)4-5-14(7-12)10-3-2-8(15(18)19)6-9(10)13/h2-3,6H,4-5,7H2,1H3,(H,16,17). The number of anilines is 1. The van der Waals surface area contributed by atoms with Gasteiger partial charge in [-0.1, -0.05) is 0 Å². The minimum Gasteiger partial charge on any atom is -0.481 e. The predicted molar refractivity (Wildman–Crippen MR) is 65.6 cm³/mol. The van der Waals surface area contributed by atoms with Gasteiger partial charge in [0.05, 0.1) is 22.1 Å². The monoisotopic (exact) mass is 268 g/mol. The van der Waals surface area contributed by atoms with E-state index in [1.807, 2.05) is 0 Å². The lowest BCUT2D eigenvalue weighted by Gasteiger charge is -2.22. The molecule has 1 heterocycles. The van der Waals surface area contributed by atoms with Crippen molar-refractivity contribution in [3.63, 3.8) is 0 Å². The number of nitrogens with zero attached hydrogens (tertiary/aromatic N) is 2. The number of carboxylic acids is 1. The molecule has 1 N–H and O–H groups in total. The number of hydrogen-bond acceptors (Lipinski definition) is 4. The van der Waals surface area contributed by atoms with Gasteiger partial charge in [0.25, 0.3) is 5.69 Å². The fraction of sp³-hybridized carbons (Fsp3) is 0.417. The van der Waals surface area contributed by atoms with Crippen LogP contribution in [0, 0.1) is 21.3 Å². The molecule has 0 amide bonds. The molecule has 6 nitrogen and oxygen atoms in total. The first-order valence-corrected chi connectivity index (χ1v) is 5.76. The zero-order valence-electron chi connectivity index (χ0n) is 10.3. The van der Waals surface area contributed by atoms with Crippen molar-refractivity contribution < 1.29 is 19.2 Å². The molecule has 19 heavy (non-hydrogen) atoms. The van der Waals surface area contributed by atoms with Gasteiger partial charge in [-0.3, -0.25) is 14.9 Å². The number of hydrogen-bond donors (Lipinski definition) is 1. The van der Waals surface area contributed by atoms with Crippen molar-refractivity contribution in [1.29, 1.82) is 0 Å². The molecule has 1 aliphatic rings. The van der Waals surface area contributed by atoms with Crippen LogP contribution < -0.4 is 4.90 Å². The second-order valence-corrected chi connectivity index (χ2v) is 4.93. The Kier molecular flexibility index (Phi) is 3.13. The highest BCUT2D eigenvalue weighted by atomic mass is 19.1. The Bertz CT molecular complexity index is 549. The second-order valence-electron chi connectivity index (χ2n) is 4.93. The molecule has 2 rings (SSSR count). The van der Waals surface area contributed by atoms with Crippen molar-refractivity contribution in [3.8, 4) is 0 Å². The van der Waals surface area contributed by atoms with Crippen LogP contribution in [0.5, 0.6) is 0 Å². The molecule has 0 radical (unpaired) electrons. The quantitative estimate of drug-likeness (QED) is 0.669. The van der Waals surface area contributed by atoms with Crippen LogP contribution in [0.15, 0.2) is 18.2 Å². The molecular weight excluding hydrogens is 255 g/mol. The smallest absolute Gasteiger partial charge is 0.311 e. The summed E-state index contributed by atoms with van der Waals surface area (Å²) in [5, 5.41) is 19.6. The average molecular weight is 268 g/mol.